The van der Waals surface area contributed by atoms with Crippen LogP contribution >= 0.6 is 0 Å². The van der Waals surface area contributed by atoms with Crippen LogP contribution in [-0.4, -0.2) is 23.6 Å². The molecule has 5 nitrogen and oxygen atoms in total. The van der Waals surface area contributed by atoms with Crippen molar-refractivity contribution in [3.8, 4) is 0 Å². The number of benzene rings is 1. The second-order valence-corrected chi connectivity index (χ2v) is 5.86. The van der Waals surface area contributed by atoms with E-state index in [4.69, 9.17) is 4.74 Å². The van der Waals surface area contributed by atoms with Crippen LogP contribution < -0.4 is 4.90 Å². The van der Waals surface area contributed by atoms with Crippen LogP contribution in [-0.2, 0) is 14.3 Å². The van der Waals surface area contributed by atoms with E-state index in [1.165, 1.54) is 4.90 Å². The minimum Gasteiger partial charge on any atom is -0.444 e. The summed E-state index contributed by atoms with van der Waals surface area (Å²) in [6.07, 6.45) is 2.15. The van der Waals surface area contributed by atoms with E-state index in [1.54, 1.807) is 6.92 Å². The van der Waals surface area contributed by atoms with Gasteiger partial charge in [0.05, 0.1) is 11.3 Å². The monoisotopic (exact) mass is 324 g/mol. The lowest BCUT2D eigenvalue weighted by Gasteiger charge is -2.16. The number of fused-ring (bicyclic) bond motifs is 1. The molecule has 0 bridgehead atoms. The maximum Gasteiger partial charge on any atom is 0.307 e. The average Bonchev–Trinajstić information content (AvgIpc) is 3.03. The quantitative estimate of drug-likeness (QED) is 0.692. The van der Waals surface area contributed by atoms with Gasteiger partial charge in [-0.3, -0.25) is 14.5 Å². The highest BCUT2D eigenvalue weighted by atomic mass is 16.5. The first-order valence-corrected chi connectivity index (χ1v) is 7.96. The molecule has 1 N–H and O–H groups in total. The summed E-state index contributed by atoms with van der Waals surface area (Å²) < 4.78 is 5.16. The number of carbonyl (C=O) groups excluding carboxylic acids is 2. The first-order chi connectivity index (χ1) is 11.5. The molecule has 1 aliphatic rings. The van der Waals surface area contributed by atoms with Gasteiger partial charge in [0, 0.05) is 23.4 Å². The molecular formula is C19H20N2O3. The first kappa shape index (κ1) is 16.1. The van der Waals surface area contributed by atoms with Crippen molar-refractivity contribution in [2.75, 3.05) is 11.6 Å². The third-order valence-electron chi connectivity index (χ3n) is 4.08. The van der Waals surface area contributed by atoms with Gasteiger partial charge in [-0.25, -0.2) is 0 Å². The number of esters is 1. The number of rotatable bonds is 4. The number of nitrogens with one attached hydrogen (secondary N) is 1. The average molecular weight is 324 g/mol. The van der Waals surface area contributed by atoms with Gasteiger partial charge in [-0.2, -0.15) is 0 Å². The van der Waals surface area contributed by atoms with Gasteiger partial charge in [0.2, 0.25) is 0 Å². The van der Waals surface area contributed by atoms with Crippen LogP contribution in [0.15, 0.2) is 30.3 Å². The fraction of sp³-hybridized carbons (Fsp3) is 0.263. The Bertz CT molecular complexity index is 833. The molecule has 1 aromatic heterocycles. The molecule has 1 aromatic carbocycles. The number of hydrogen-bond donors (Lipinski definition) is 1. The molecule has 0 spiro atoms. The Kier molecular flexibility index (Phi) is 4.25. The van der Waals surface area contributed by atoms with Gasteiger partial charge in [0.25, 0.3) is 5.91 Å². The molecule has 24 heavy (non-hydrogen) atoms. The smallest absolute Gasteiger partial charge is 0.307 e. The molecule has 2 aromatic rings. The highest BCUT2D eigenvalue weighted by Crippen LogP contribution is 2.37. The molecule has 0 saturated carbocycles. The van der Waals surface area contributed by atoms with Gasteiger partial charge in [-0.05, 0) is 37.6 Å². The molecule has 0 aliphatic carbocycles. The zero-order valence-electron chi connectivity index (χ0n) is 14.1. The largest absolute Gasteiger partial charge is 0.444 e. The summed E-state index contributed by atoms with van der Waals surface area (Å²) in [4.78, 5) is 29.0. The zero-order chi connectivity index (χ0) is 17.3. The Morgan fingerprint density at radius 2 is 2.04 bits per heavy atom. The van der Waals surface area contributed by atoms with E-state index in [0.717, 1.165) is 28.2 Å². The molecular weight excluding hydrogens is 304 g/mol. The molecule has 2 heterocycles. The number of nitrogens with zero attached hydrogens (tertiary/aromatic N) is 1. The lowest BCUT2D eigenvalue weighted by atomic mass is 10.1. The number of hydrogen-bond acceptors (Lipinski definition) is 3. The minimum absolute atomic E-state index is 0.0669. The van der Waals surface area contributed by atoms with Gasteiger partial charge < -0.3 is 9.72 Å². The van der Waals surface area contributed by atoms with E-state index in [2.05, 4.69) is 4.98 Å². The Morgan fingerprint density at radius 1 is 1.29 bits per heavy atom. The molecule has 124 valence electrons. The van der Waals surface area contributed by atoms with Crippen LogP contribution in [0.4, 0.5) is 5.69 Å². The van der Waals surface area contributed by atoms with E-state index >= 15 is 0 Å². The first-order valence-electron chi connectivity index (χ1n) is 7.96. The normalized spacial score (nSPS) is 15.0. The highest BCUT2D eigenvalue weighted by molar-refractivity contribution is 6.35. The standard InChI is InChI=1S/C19H20N2O3/c1-4-18(22)24-11-21-17-8-6-5-7-14(17)15(19(21)23)10-16-12(2)9-13(3)20-16/h5-10,20H,4,11H2,1-3H3/b15-10-. The minimum atomic E-state index is -0.325. The SMILES string of the molecule is CCC(=O)OCN1C(=O)/C(=C\c2[nH]c(C)cc2C)c2ccccc21. The maximum atomic E-state index is 12.8. The summed E-state index contributed by atoms with van der Waals surface area (Å²) in [6, 6.07) is 9.58. The Balaban J connectivity index is 1.98. The number of ether oxygens (including phenoxy) is 1. The van der Waals surface area contributed by atoms with Crippen molar-refractivity contribution in [2.24, 2.45) is 0 Å². The number of carbonyl (C=O) groups is 2. The van der Waals surface area contributed by atoms with E-state index in [1.807, 2.05) is 50.3 Å². The lowest BCUT2D eigenvalue weighted by Crippen LogP contribution is -2.30. The van der Waals surface area contributed by atoms with Crippen molar-refractivity contribution >= 4 is 29.2 Å². The third kappa shape index (κ3) is 2.85. The van der Waals surface area contributed by atoms with E-state index < -0.39 is 0 Å². The topological polar surface area (TPSA) is 62.4 Å². The predicted octanol–water partition coefficient (Wildman–Crippen LogP) is 3.43. The number of aryl methyl sites for hydroxylation is 2. The molecule has 5 heteroatoms. The molecule has 0 fully saturated rings. The number of para-hydroxylation sites is 1. The highest BCUT2D eigenvalue weighted by Gasteiger charge is 2.32. The summed E-state index contributed by atoms with van der Waals surface area (Å²) >= 11 is 0. The third-order valence-corrected chi connectivity index (χ3v) is 4.08. The molecule has 0 saturated heterocycles. The van der Waals surface area contributed by atoms with E-state index in [0.29, 0.717) is 5.57 Å². The van der Waals surface area contributed by atoms with E-state index in [-0.39, 0.29) is 25.0 Å². The molecule has 1 amide bonds. The van der Waals surface area contributed by atoms with Crippen LogP contribution in [0.1, 0.15) is 35.9 Å². The second-order valence-electron chi connectivity index (χ2n) is 5.86. The van der Waals surface area contributed by atoms with Gasteiger partial charge >= 0.3 is 5.97 Å². The van der Waals surface area contributed by atoms with Crippen molar-refractivity contribution < 1.29 is 14.3 Å². The molecule has 0 atom stereocenters. The number of aromatic nitrogens is 1. The summed E-state index contributed by atoms with van der Waals surface area (Å²) in [6.45, 7) is 5.64. The summed E-state index contributed by atoms with van der Waals surface area (Å²) in [5.74, 6) is -0.486. The fourth-order valence-electron chi connectivity index (χ4n) is 2.86. The summed E-state index contributed by atoms with van der Waals surface area (Å²) in [5.41, 5.74) is 5.26. The second kappa shape index (κ2) is 6.35. The Labute approximate surface area is 140 Å². The van der Waals surface area contributed by atoms with Gasteiger partial charge in [0.1, 0.15) is 0 Å². The predicted molar refractivity (Wildman–Crippen MR) is 93.3 cm³/mol. The van der Waals surface area contributed by atoms with Crippen molar-refractivity contribution in [3.05, 3.63) is 52.8 Å². The number of anilines is 1. The number of aromatic amines is 1. The van der Waals surface area contributed by atoms with Crippen LogP contribution in [0, 0.1) is 13.8 Å². The van der Waals surface area contributed by atoms with Crippen molar-refractivity contribution in [1.29, 1.82) is 0 Å². The Hall–Kier alpha value is -2.82. The van der Waals surface area contributed by atoms with Crippen molar-refractivity contribution in [1.82, 2.24) is 4.98 Å². The molecule has 0 unspecified atom stereocenters. The van der Waals surface area contributed by atoms with Crippen molar-refractivity contribution in [2.45, 2.75) is 27.2 Å². The van der Waals surface area contributed by atoms with Crippen LogP contribution in [0.3, 0.4) is 0 Å². The lowest BCUT2D eigenvalue weighted by molar-refractivity contribution is -0.143. The molecule has 0 radical (unpaired) electrons. The van der Waals surface area contributed by atoms with Crippen molar-refractivity contribution in [3.63, 3.8) is 0 Å². The summed E-state index contributed by atoms with van der Waals surface area (Å²) in [7, 11) is 0. The van der Waals surface area contributed by atoms with Gasteiger partial charge in [-0.15, -0.1) is 0 Å². The number of amides is 1. The van der Waals surface area contributed by atoms with E-state index in [9.17, 15) is 9.59 Å². The maximum absolute atomic E-state index is 12.8. The fourth-order valence-corrected chi connectivity index (χ4v) is 2.86. The molecule has 3 rings (SSSR count). The van der Waals surface area contributed by atoms with Crippen LogP contribution in [0.5, 0.6) is 0 Å². The van der Waals surface area contributed by atoms with Crippen LogP contribution in [0.25, 0.3) is 11.6 Å². The van der Waals surface area contributed by atoms with Crippen LogP contribution in [0.2, 0.25) is 0 Å². The Morgan fingerprint density at radius 3 is 2.71 bits per heavy atom. The number of H-pyrrole nitrogens is 1. The molecule has 1 aliphatic heterocycles. The van der Waals surface area contributed by atoms with Gasteiger partial charge in [-0.1, -0.05) is 25.1 Å². The summed E-state index contributed by atoms with van der Waals surface area (Å²) in [5, 5.41) is 0. The van der Waals surface area contributed by atoms with Gasteiger partial charge in [0.15, 0.2) is 6.73 Å². The zero-order valence-corrected chi connectivity index (χ0v) is 14.1.